The Bertz CT molecular complexity index is 769. The first-order valence-electron chi connectivity index (χ1n) is 7.12. The molecule has 9 heteroatoms. The minimum absolute atomic E-state index is 0.0845. The zero-order chi connectivity index (χ0) is 16.9. The van der Waals surface area contributed by atoms with E-state index in [-0.39, 0.29) is 11.8 Å². The molecule has 5 nitrogen and oxygen atoms in total. The number of thioether (sulfide) groups is 1. The van der Waals surface area contributed by atoms with Crippen molar-refractivity contribution in [2.75, 3.05) is 11.9 Å². The second-order valence-electron chi connectivity index (χ2n) is 4.84. The van der Waals surface area contributed by atoms with Crippen LogP contribution in [0.25, 0.3) is 6.08 Å². The number of nitrogens with one attached hydrogen (secondary N) is 1. The Morgan fingerprint density at radius 2 is 2.25 bits per heavy atom. The maximum atomic E-state index is 12.4. The zero-order valence-corrected chi connectivity index (χ0v) is 15.7. The lowest BCUT2D eigenvalue weighted by Crippen LogP contribution is -2.29. The third-order valence-corrected chi connectivity index (χ3v) is 6.04. The van der Waals surface area contributed by atoms with Crippen LogP contribution in [-0.2, 0) is 9.59 Å². The van der Waals surface area contributed by atoms with E-state index in [1.165, 1.54) is 23.1 Å². The lowest BCUT2D eigenvalue weighted by Gasteiger charge is -2.13. The maximum Gasteiger partial charge on any atom is 0.266 e. The van der Waals surface area contributed by atoms with Gasteiger partial charge in [-0.1, -0.05) is 30.0 Å². The van der Waals surface area contributed by atoms with E-state index >= 15 is 0 Å². The summed E-state index contributed by atoms with van der Waals surface area (Å²) in [5.74, 6) is -0.191. The minimum Gasteiger partial charge on any atom is -0.302 e. The average Bonchev–Trinajstić information content (AvgIpc) is 3.27. The molecule has 1 aliphatic heterocycles. The normalized spacial score (nSPS) is 16.2. The Balaban J connectivity index is 1.51. The molecule has 0 aromatic carbocycles. The van der Waals surface area contributed by atoms with Gasteiger partial charge in [0.2, 0.25) is 5.91 Å². The third-order valence-electron chi connectivity index (χ3n) is 3.15. The number of amides is 2. The van der Waals surface area contributed by atoms with Crippen molar-refractivity contribution in [1.29, 1.82) is 0 Å². The molecule has 2 aromatic heterocycles. The van der Waals surface area contributed by atoms with E-state index in [4.69, 9.17) is 12.2 Å². The van der Waals surface area contributed by atoms with Crippen LogP contribution in [0.15, 0.2) is 34.0 Å². The smallest absolute Gasteiger partial charge is 0.266 e. The first-order valence-corrected chi connectivity index (χ1v) is 10.1. The largest absolute Gasteiger partial charge is 0.302 e. The van der Waals surface area contributed by atoms with Crippen molar-refractivity contribution in [3.8, 4) is 0 Å². The number of rotatable bonds is 6. The van der Waals surface area contributed by atoms with Gasteiger partial charge in [0.25, 0.3) is 5.91 Å². The summed E-state index contributed by atoms with van der Waals surface area (Å²) in [6.07, 6.45) is 4.37. The fourth-order valence-corrected chi connectivity index (χ4v) is 4.64. The topological polar surface area (TPSA) is 62.3 Å². The molecule has 1 saturated heterocycles. The molecule has 0 aliphatic carbocycles. The fraction of sp³-hybridized carbons (Fsp3) is 0.200. The predicted molar refractivity (Wildman–Crippen MR) is 104 cm³/mol. The van der Waals surface area contributed by atoms with Gasteiger partial charge in [-0.25, -0.2) is 4.98 Å². The summed E-state index contributed by atoms with van der Waals surface area (Å²) in [5.41, 5.74) is 0. The van der Waals surface area contributed by atoms with Gasteiger partial charge in [-0.2, -0.15) is 0 Å². The van der Waals surface area contributed by atoms with Crippen molar-refractivity contribution in [3.05, 3.63) is 38.9 Å². The van der Waals surface area contributed by atoms with Gasteiger partial charge < -0.3 is 5.32 Å². The van der Waals surface area contributed by atoms with Crippen molar-refractivity contribution in [1.82, 2.24) is 9.88 Å². The number of carbonyl (C=O) groups excluding carboxylic acids is 2. The molecule has 2 aromatic rings. The van der Waals surface area contributed by atoms with Gasteiger partial charge in [0.15, 0.2) is 5.13 Å². The number of hydrogen-bond donors (Lipinski definition) is 1. The number of hydrogen-bond acceptors (Lipinski definition) is 7. The number of aromatic nitrogens is 1. The maximum absolute atomic E-state index is 12.4. The van der Waals surface area contributed by atoms with Crippen LogP contribution in [0.5, 0.6) is 0 Å². The molecule has 0 radical (unpaired) electrons. The molecule has 124 valence electrons. The fourth-order valence-electron chi connectivity index (χ4n) is 2.06. The van der Waals surface area contributed by atoms with Gasteiger partial charge >= 0.3 is 0 Å². The summed E-state index contributed by atoms with van der Waals surface area (Å²) >= 11 is 9.54. The van der Waals surface area contributed by atoms with E-state index in [1.54, 1.807) is 27.8 Å². The summed E-state index contributed by atoms with van der Waals surface area (Å²) in [6, 6.07) is 3.90. The SMILES string of the molecule is O=C(CCCN1C(=O)C(=Cc2cccs2)SC1=S)Nc1nccs1. The van der Waals surface area contributed by atoms with Gasteiger partial charge in [-0.05, 0) is 23.9 Å². The highest BCUT2D eigenvalue weighted by atomic mass is 32.2. The van der Waals surface area contributed by atoms with E-state index in [0.29, 0.717) is 33.7 Å². The first kappa shape index (κ1) is 17.3. The van der Waals surface area contributed by atoms with Gasteiger partial charge in [-0.15, -0.1) is 22.7 Å². The number of thiocarbonyl (C=S) groups is 1. The van der Waals surface area contributed by atoms with Crippen molar-refractivity contribution < 1.29 is 9.59 Å². The van der Waals surface area contributed by atoms with Crippen molar-refractivity contribution >= 4 is 74.0 Å². The summed E-state index contributed by atoms with van der Waals surface area (Å²) in [4.78, 5) is 31.5. The number of anilines is 1. The molecule has 1 N–H and O–H groups in total. The highest BCUT2D eigenvalue weighted by Crippen LogP contribution is 2.33. The van der Waals surface area contributed by atoms with Crippen LogP contribution in [0.1, 0.15) is 17.7 Å². The van der Waals surface area contributed by atoms with E-state index in [9.17, 15) is 9.59 Å². The number of thiophene rings is 1. The van der Waals surface area contributed by atoms with Crippen LogP contribution in [0.2, 0.25) is 0 Å². The molecule has 1 fully saturated rings. The van der Waals surface area contributed by atoms with Crippen molar-refractivity contribution in [3.63, 3.8) is 0 Å². The Morgan fingerprint density at radius 1 is 1.38 bits per heavy atom. The Labute approximate surface area is 156 Å². The van der Waals surface area contributed by atoms with Gasteiger partial charge in [0.05, 0.1) is 4.91 Å². The van der Waals surface area contributed by atoms with Crippen LogP contribution < -0.4 is 5.32 Å². The monoisotopic (exact) mass is 395 g/mol. The van der Waals surface area contributed by atoms with Crippen LogP contribution in [0.4, 0.5) is 5.13 Å². The molecule has 0 atom stereocenters. The van der Waals surface area contributed by atoms with E-state index in [0.717, 1.165) is 4.88 Å². The van der Waals surface area contributed by atoms with Crippen molar-refractivity contribution in [2.45, 2.75) is 12.8 Å². The van der Waals surface area contributed by atoms with E-state index in [2.05, 4.69) is 10.3 Å². The summed E-state index contributed by atoms with van der Waals surface area (Å²) in [6.45, 7) is 0.442. The molecular weight excluding hydrogens is 382 g/mol. The van der Waals surface area contributed by atoms with Gasteiger partial charge in [0.1, 0.15) is 4.32 Å². The van der Waals surface area contributed by atoms with Crippen molar-refractivity contribution in [2.24, 2.45) is 0 Å². The molecule has 0 saturated carbocycles. The molecule has 3 rings (SSSR count). The standard InChI is InChI=1S/C15H13N3O2S4/c19-12(17-14-16-5-8-23-14)4-1-6-18-13(20)11(24-15(18)21)9-10-3-2-7-22-10/h2-3,5,7-9H,1,4,6H2,(H,16,17,19). The highest BCUT2D eigenvalue weighted by Gasteiger charge is 2.31. The lowest BCUT2D eigenvalue weighted by molar-refractivity contribution is -0.122. The van der Waals surface area contributed by atoms with E-state index < -0.39 is 0 Å². The Kier molecular flexibility index (Phi) is 5.77. The number of carbonyl (C=O) groups is 2. The summed E-state index contributed by atoms with van der Waals surface area (Å²) < 4.78 is 0.545. The average molecular weight is 396 g/mol. The molecule has 3 heterocycles. The van der Waals surface area contributed by atoms with Crippen LogP contribution >= 0.6 is 46.7 Å². The van der Waals surface area contributed by atoms with Crippen LogP contribution in [-0.4, -0.2) is 32.6 Å². The third kappa shape index (κ3) is 4.29. The summed E-state index contributed by atoms with van der Waals surface area (Å²) in [5, 5.41) is 7.08. The molecular formula is C15H13N3O2S4. The van der Waals surface area contributed by atoms with Crippen LogP contribution in [0, 0.1) is 0 Å². The Hall–Kier alpha value is -1.55. The molecule has 24 heavy (non-hydrogen) atoms. The summed E-state index contributed by atoms with van der Waals surface area (Å²) in [7, 11) is 0. The first-order chi connectivity index (χ1) is 11.6. The van der Waals surface area contributed by atoms with Gasteiger partial charge in [-0.3, -0.25) is 14.5 Å². The molecule has 1 aliphatic rings. The molecule has 0 bridgehead atoms. The minimum atomic E-state index is -0.107. The molecule has 0 unspecified atom stereocenters. The number of thiazole rings is 1. The second-order valence-corrected chi connectivity index (χ2v) is 8.39. The van der Waals surface area contributed by atoms with E-state index in [1.807, 2.05) is 23.6 Å². The Morgan fingerprint density at radius 3 is 2.96 bits per heavy atom. The van der Waals surface area contributed by atoms with Crippen LogP contribution in [0.3, 0.4) is 0 Å². The zero-order valence-electron chi connectivity index (χ0n) is 12.4. The predicted octanol–water partition coefficient (Wildman–Crippen LogP) is 3.82. The highest BCUT2D eigenvalue weighted by molar-refractivity contribution is 8.26. The second kappa shape index (κ2) is 8.02. The quantitative estimate of drug-likeness (QED) is 0.595. The number of nitrogens with zero attached hydrogens (tertiary/aromatic N) is 2. The molecule has 2 amide bonds. The lowest BCUT2D eigenvalue weighted by atomic mass is 10.2. The van der Waals surface area contributed by atoms with Gasteiger partial charge in [0, 0.05) is 29.4 Å². The molecule has 0 spiro atoms.